The molecule has 0 bridgehead atoms. The second kappa shape index (κ2) is 29.5. The maximum absolute atomic E-state index is 4.50. The lowest BCUT2D eigenvalue weighted by atomic mass is 10.4. The van der Waals surface area contributed by atoms with Crippen LogP contribution in [0.25, 0.3) is 0 Å². The highest BCUT2D eigenvalue weighted by molar-refractivity contribution is 8.05. The molecule has 1 heterocycles. The monoisotopic (exact) mass is 430 g/mol. The van der Waals surface area contributed by atoms with Gasteiger partial charge in [-0.05, 0) is 24.9 Å². The van der Waals surface area contributed by atoms with E-state index in [4.69, 9.17) is 0 Å². The summed E-state index contributed by atoms with van der Waals surface area (Å²) in [5.41, 5.74) is 9.00. The van der Waals surface area contributed by atoms with Gasteiger partial charge >= 0.3 is 0 Å². The molecule has 148 valence electrons. The number of hydrogen-bond acceptors (Lipinski definition) is 6. The van der Waals surface area contributed by atoms with Gasteiger partial charge in [-0.1, -0.05) is 60.8 Å². The van der Waals surface area contributed by atoms with Crippen molar-refractivity contribution in [1.29, 1.82) is 0 Å². The van der Waals surface area contributed by atoms with E-state index in [9.17, 15) is 0 Å². The largest absolute Gasteiger partial charge is 0.333 e. The molecule has 6 heteroatoms. The first-order valence-corrected chi connectivity index (χ1v) is 12.9. The van der Waals surface area contributed by atoms with Gasteiger partial charge in [0.05, 0.1) is 0 Å². The van der Waals surface area contributed by atoms with Crippen LogP contribution in [0.15, 0.2) is 71.6 Å². The van der Waals surface area contributed by atoms with Crippen molar-refractivity contribution in [2.45, 2.75) is 0 Å². The van der Waals surface area contributed by atoms with Crippen molar-refractivity contribution in [2.75, 3.05) is 48.6 Å². The third-order valence-corrected chi connectivity index (χ3v) is 6.35. The zero-order valence-electron chi connectivity index (χ0n) is 16.0. The molecule has 1 aliphatic heterocycles. The second-order valence-corrected chi connectivity index (χ2v) is 8.50. The lowest BCUT2D eigenvalue weighted by Gasteiger charge is -1.95. The summed E-state index contributed by atoms with van der Waals surface area (Å²) in [5.74, 6) is 6.92. The van der Waals surface area contributed by atoms with E-state index in [1.807, 2.05) is 47.0 Å². The first kappa shape index (κ1) is 28.0. The van der Waals surface area contributed by atoms with Crippen LogP contribution in [0.1, 0.15) is 0 Å². The summed E-state index contributed by atoms with van der Waals surface area (Å²) in [6, 6.07) is 0. The lowest BCUT2D eigenvalue weighted by molar-refractivity contribution is 1.48. The van der Waals surface area contributed by atoms with Gasteiger partial charge in [0.2, 0.25) is 0 Å². The van der Waals surface area contributed by atoms with E-state index in [1.165, 1.54) is 37.1 Å². The predicted octanol–water partition coefficient (Wildman–Crippen LogP) is 5.33. The fourth-order valence-corrected chi connectivity index (χ4v) is 4.60. The highest BCUT2D eigenvalue weighted by Crippen LogP contribution is 2.09. The quantitative estimate of drug-likeness (QED) is 0.541. The molecule has 0 aromatic carbocycles. The van der Waals surface area contributed by atoms with Crippen LogP contribution in [0.4, 0.5) is 0 Å². The van der Waals surface area contributed by atoms with Crippen LogP contribution in [-0.2, 0) is 0 Å². The molecule has 0 aliphatic carbocycles. The predicted molar refractivity (Wildman–Crippen MR) is 135 cm³/mol. The van der Waals surface area contributed by atoms with Gasteiger partial charge in [0.1, 0.15) is 0 Å². The van der Waals surface area contributed by atoms with Gasteiger partial charge < -0.3 is 11.5 Å². The Bertz CT molecular complexity index is 352. The van der Waals surface area contributed by atoms with Crippen LogP contribution in [0.5, 0.6) is 0 Å². The number of thioether (sulfide) groups is 4. The molecule has 0 spiro atoms. The SMILES string of the molecule is C1=CC=CSCCSCC=CC=CC=CSCCSCC=C1.CN.CN. The molecule has 4 N–H and O–H groups in total. The zero-order valence-corrected chi connectivity index (χ0v) is 19.2. The van der Waals surface area contributed by atoms with Crippen molar-refractivity contribution >= 4 is 47.0 Å². The van der Waals surface area contributed by atoms with Crippen molar-refractivity contribution in [3.8, 4) is 0 Å². The van der Waals surface area contributed by atoms with Gasteiger partial charge in [-0.15, -0.1) is 23.5 Å². The van der Waals surface area contributed by atoms with E-state index in [1.54, 1.807) is 0 Å². The Morgan fingerprint density at radius 3 is 1.31 bits per heavy atom. The molecule has 26 heavy (non-hydrogen) atoms. The maximum Gasteiger partial charge on any atom is 0.0116 e. The summed E-state index contributed by atoms with van der Waals surface area (Å²) in [6.45, 7) is 0. The molecule has 1 aliphatic rings. The smallest absolute Gasteiger partial charge is 0.0116 e. The Hall–Kier alpha value is -0.240. The molecular formula is C20H34N2S4. The summed E-state index contributed by atoms with van der Waals surface area (Å²) in [6.07, 6.45) is 21.4. The van der Waals surface area contributed by atoms with Crippen LogP contribution >= 0.6 is 47.0 Å². The number of hydrogen-bond donors (Lipinski definition) is 2. The summed E-state index contributed by atoms with van der Waals surface area (Å²) >= 11 is 7.71. The normalized spacial score (nSPS) is 17.1. The Morgan fingerprint density at radius 2 is 0.885 bits per heavy atom. The van der Waals surface area contributed by atoms with Gasteiger partial charge in [0.15, 0.2) is 0 Å². The van der Waals surface area contributed by atoms with E-state index in [0.29, 0.717) is 0 Å². The Balaban J connectivity index is 0. The van der Waals surface area contributed by atoms with E-state index < -0.39 is 0 Å². The summed E-state index contributed by atoms with van der Waals surface area (Å²) in [4.78, 5) is 0. The zero-order chi connectivity index (χ0) is 19.6. The van der Waals surface area contributed by atoms with Gasteiger partial charge in [-0.2, -0.15) is 23.5 Å². The number of allylic oxidation sites excluding steroid dienone is 8. The first-order valence-electron chi connectivity index (χ1n) is 8.51. The van der Waals surface area contributed by atoms with Crippen LogP contribution in [0, 0.1) is 0 Å². The summed E-state index contributed by atoms with van der Waals surface area (Å²) < 4.78 is 0. The van der Waals surface area contributed by atoms with Gasteiger partial charge in [0, 0.05) is 34.5 Å². The molecule has 2 nitrogen and oxygen atoms in total. The average Bonchev–Trinajstić information content (AvgIpc) is 2.70. The standard InChI is InChI=1S/C18H24S4.2CH5N/c1-3-7-11-19-15-17-21-13-9-5-2-6-10-14-22-18-16-20-12-8-4-1;2*1-2/h1-11,14H,12-13,15-18H2;2*2H2,1H3. The van der Waals surface area contributed by atoms with Gasteiger partial charge in [-0.25, -0.2) is 0 Å². The molecule has 0 aromatic rings. The fourth-order valence-electron chi connectivity index (χ4n) is 1.38. The molecule has 1 rings (SSSR count). The summed E-state index contributed by atoms with van der Waals surface area (Å²) in [5, 5.41) is 4.35. The Labute approximate surface area is 178 Å². The fraction of sp³-hybridized carbons (Fsp3) is 0.400. The highest BCUT2D eigenvalue weighted by atomic mass is 32.2. The van der Waals surface area contributed by atoms with Gasteiger partial charge in [0.25, 0.3) is 0 Å². The topological polar surface area (TPSA) is 52.0 Å². The third kappa shape index (κ3) is 26.0. The average molecular weight is 431 g/mol. The molecule has 0 saturated carbocycles. The molecule has 0 atom stereocenters. The second-order valence-electron chi connectivity index (χ2n) is 4.17. The Kier molecular flexibility index (Phi) is 31.8. The van der Waals surface area contributed by atoms with Crippen molar-refractivity contribution in [3.63, 3.8) is 0 Å². The van der Waals surface area contributed by atoms with E-state index >= 15 is 0 Å². The number of nitrogens with two attached hydrogens (primary N) is 2. The molecule has 0 amide bonds. The highest BCUT2D eigenvalue weighted by Gasteiger charge is 1.86. The minimum Gasteiger partial charge on any atom is -0.333 e. The first-order chi connectivity index (χ1) is 13.0. The van der Waals surface area contributed by atoms with Crippen LogP contribution < -0.4 is 11.5 Å². The van der Waals surface area contributed by atoms with Crippen molar-refractivity contribution in [3.05, 3.63) is 71.6 Å². The van der Waals surface area contributed by atoms with E-state index in [2.05, 4.69) is 83.0 Å². The third-order valence-electron chi connectivity index (χ3n) is 2.41. The van der Waals surface area contributed by atoms with Crippen LogP contribution in [0.2, 0.25) is 0 Å². The minimum absolute atomic E-state index is 1.09. The van der Waals surface area contributed by atoms with Crippen molar-refractivity contribution in [2.24, 2.45) is 11.5 Å². The van der Waals surface area contributed by atoms with Crippen molar-refractivity contribution in [1.82, 2.24) is 0 Å². The van der Waals surface area contributed by atoms with E-state index in [0.717, 1.165) is 11.5 Å². The molecule has 0 saturated heterocycles. The molecule has 0 aromatic heterocycles. The van der Waals surface area contributed by atoms with Crippen LogP contribution in [-0.4, -0.2) is 48.6 Å². The van der Waals surface area contributed by atoms with Gasteiger partial charge in [-0.3, -0.25) is 0 Å². The lowest BCUT2D eigenvalue weighted by Crippen LogP contribution is -1.82. The van der Waals surface area contributed by atoms with Crippen molar-refractivity contribution < 1.29 is 0 Å². The maximum atomic E-state index is 4.50. The van der Waals surface area contributed by atoms with Crippen LogP contribution in [0.3, 0.4) is 0 Å². The minimum atomic E-state index is 1.09. The van der Waals surface area contributed by atoms with E-state index in [-0.39, 0.29) is 0 Å². The molecule has 0 unspecified atom stereocenters. The molecular weight excluding hydrogens is 397 g/mol. The Morgan fingerprint density at radius 1 is 0.500 bits per heavy atom. The summed E-state index contributed by atoms with van der Waals surface area (Å²) in [7, 11) is 3.00. The number of rotatable bonds is 0. The molecule has 0 fully saturated rings. The molecule has 0 radical (unpaired) electrons.